The van der Waals surface area contributed by atoms with Gasteiger partial charge < -0.3 is 4.74 Å². The summed E-state index contributed by atoms with van der Waals surface area (Å²) in [6.45, 7) is 0.460. The van der Waals surface area contributed by atoms with Crippen molar-refractivity contribution in [2.75, 3.05) is 5.43 Å². The van der Waals surface area contributed by atoms with Crippen LogP contribution in [0, 0.1) is 0 Å². The molecule has 0 aliphatic rings. The monoisotopic (exact) mass is 537 g/mol. The van der Waals surface area contributed by atoms with E-state index in [9.17, 15) is 8.42 Å². The first kappa shape index (κ1) is 21.5. The first-order chi connectivity index (χ1) is 13.8. The van der Waals surface area contributed by atoms with Crippen LogP contribution in [0.3, 0.4) is 0 Å². The Labute approximate surface area is 186 Å². The number of nitrogens with one attached hydrogen (secondary N) is 1. The Balaban J connectivity index is 1.65. The van der Waals surface area contributed by atoms with Crippen LogP contribution in [0.2, 0.25) is 0 Å². The highest BCUT2D eigenvalue weighted by Gasteiger charge is 2.09. The Hall–Kier alpha value is -2.20. The van der Waals surface area contributed by atoms with Crippen molar-refractivity contribution in [1.82, 2.24) is 0 Å². The normalized spacial score (nSPS) is 11.6. The second-order valence-electron chi connectivity index (χ2n) is 6.03. The molecule has 0 aliphatic carbocycles. The van der Waals surface area contributed by atoms with Crippen LogP contribution in [0.1, 0.15) is 11.1 Å². The van der Waals surface area contributed by atoms with E-state index in [1.165, 1.54) is 12.1 Å². The van der Waals surface area contributed by atoms with Crippen molar-refractivity contribution in [3.8, 4) is 5.75 Å². The van der Waals surface area contributed by atoms with Gasteiger partial charge in [0.15, 0.2) is 0 Å². The lowest BCUT2D eigenvalue weighted by Crippen LogP contribution is -2.11. The van der Waals surface area contributed by atoms with Crippen molar-refractivity contribution in [2.45, 2.75) is 11.5 Å². The molecular formula is C20H17Br2N3O3S. The molecular weight excluding hydrogens is 522 g/mol. The topological polar surface area (TPSA) is 93.8 Å². The van der Waals surface area contributed by atoms with E-state index < -0.39 is 10.0 Å². The van der Waals surface area contributed by atoms with Gasteiger partial charge in [-0.25, -0.2) is 13.6 Å². The quantitative estimate of drug-likeness (QED) is 0.331. The number of nitrogens with two attached hydrogens (primary N) is 1. The van der Waals surface area contributed by atoms with Crippen LogP contribution in [0.25, 0.3) is 0 Å². The summed E-state index contributed by atoms with van der Waals surface area (Å²) in [6.07, 6.45) is 1.64. The number of hydrazone groups is 1. The molecule has 3 aromatic rings. The van der Waals surface area contributed by atoms with Gasteiger partial charge in [0, 0.05) is 0 Å². The summed E-state index contributed by atoms with van der Waals surface area (Å²) in [7, 11) is -3.71. The van der Waals surface area contributed by atoms with Gasteiger partial charge in [-0.05, 0) is 79.4 Å². The Morgan fingerprint density at radius 3 is 2.21 bits per heavy atom. The van der Waals surface area contributed by atoms with Crippen LogP contribution >= 0.6 is 31.9 Å². The van der Waals surface area contributed by atoms with Gasteiger partial charge in [-0.1, -0.05) is 30.3 Å². The minimum atomic E-state index is -3.71. The Morgan fingerprint density at radius 2 is 1.62 bits per heavy atom. The van der Waals surface area contributed by atoms with E-state index in [1.807, 2.05) is 42.5 Å². The van der Waals surface area contributed by atoms with Crippen LogP contribution in [-0.4, -0.2) is 14.6 Å². The summed E-state index contributed by atoms with van der Waals surface area (Å²) in [6, 6.07) is 19.7. The molecule has 0 bridgehead atoms. The number of nitrogens with zero attached hydrogens (tertiary/aromatic N) is 1. The number of rotatable bonds is 7. The molecule has 0 radical (unpaired) electrons. The molecule has 6 nitrogen and oxygen atoms in total. The average molecular weight is 539 g/mol. The van der Waals surface area contributed by atoms with E-state index in [2.05, 4.69) is 42.4 Å². The molecule has 0 saturated heterocycles. The lowest BCUT2D eigenvalue weighted by atomic mass is 10.2. The summed E-state index contributed by atoms with van der Waals surface area (Å²) < 4.78 is 30.0. The van der Waals surface area contributed by atoms with Gasteiger partial charge in [0.1, 0.15) is 12.4 Å². The van der Waals surface area contributed by atoms with Crippen molar-refractivity contribution in [1.29, 1.82) is 0 Å². The van der Waals surface area contributed by atoms with E-state index in [0.717, 1.165) is 20.1 Å². The highest BCUT2D eigenvalue weighted by molar-refractivity contribution is 9.11. The third-order valence-electron chi connectivity index (χ3n) is 3.84. The van der Waals surface area contributed by atoms with Crippen molar-refractivity contribution in [3.05, 3.63) is 86.8 Å². The molecule has 3 aromatic carbocycles. The van der Waals surface area contributed by atoms with E-state index in [1.54, 1.807) is 18.3 Å². The molecule has 0 fully saturated rings. The van der Waals surface area contributed by atoms with E-state index >= 15 is 0 Å². The van der Waals surface area contributed by atoms with Crippen LogP contribution in [0.15, 0.2) is 85.7 Å². The van der Waals surface area contributed by atoms with Gasteiger partial charge in [-0.3, -0.25) is 5.43 Å². The first-order valence-electron chi connectivity index (χ1n) is 8.40. The zero-order valence-corrected chi connectivity index (χ0v) is 19.0. The van der Waals surface area contributed by atoms with Crippen molar-refractivity contribution < 1.29 is 13.2 Å². The highest BCUT2D eigenvalue weighted by atomic mass is 79.9. The zero-order valence-electron chi connectivity index (χ0n) is 15.0. The third kappa shape index (κ3) is 6.14. The molecule has 0 amide bonds. The maximum Gasteiger partial charge on any atom is 0.238 e. The molecule has 0 aliphatic heterocycles. The predicted octanol–water partition coefficient (Wildman–Crippen LogP) is 4.88. The average Bonchev–Trinajstić information content (AvgIpc) is 2.68. The molecule has 0 aromatic heterocycles. The number of ether oxygens (including phenoxy) is 1. The SMILES string of the molecule is NS(=O)(=O)c1ccc(N/N=C/c2cc(Br)c(OCc3ccccc3)c(Br)c2)cc1. The fraction of sp³-hybridized carbons (Fsp3) is 0.0500. The maximum absolute atomic E-state index is 11.3. The Bertz CT molecular complexity index is 1100. The molecule has 0 spiro atoms. The van der Waals surface area contributed by atoms with Gasteiger partial charge in [-0.15, -0.1) is 0 Å². The summed E-state index contributed by atoms with van der Waals surface area (Å²) in [5.74, 6) is 0.706. The molecule has 0 saturated carbocycles. The highest BCUT2D eigenvalue weighted by Crippen LogP contribution is 2.35. The summed E-state index contributed by atoms with van der Waals surface area (Å²) in [4.78, 5) is 0.0472. The van der Waals surface area contributed by atoms with Crippen LogP contribution in [-0.2, 0) is 16.6 Å². The second-order valence-corrected chi connectivity index (χ2v) is 9.30. The fourth-order valence-electron chi connectivity index (χ4n) is 2.42. The molecule has 0 unspecified atom stereocenters. The van der Waals surface area contributed by atoms with Crippen molar-refractivity contribution in [2.24, 2.45) is 10.2 Å². The summed E-state index contributed by atoms with van der Waals surface area (Å²) in [5, 5.41) is 9.25. The number of primary sulfonamides is 1. The molecule has 0 heterocycles. The molecule has 29 heavy (non-hydrogen) atoms. The van der Waals surface area contributed by atoms with Crippen LogP contribution < -0.4 is 15.3 Å². The third-order valence-corrected chi connectivity index (χ3v) is 5.94. The molecule has 150 valence electrons. The molecule has 3 N–H and O–H groups in total. The van der Waals surface area contributed by atoms with Gasteiger partial charge in [0.25, 0.3) is 0 Å². The summed E-state index contributed by atoms with van der Waals surface area (Å²) in [5.41, 5.74) is 5.39. The second kappa shape index (κ2) is 9.53. The largest absolute Gasteiger partial charge is 0.487 e. The number of sulfonamides is 1. The van der Waals surface area contributed by atoms with Gasteiger partial charge in [-0.2, -0.15) is 5.10 Å². The number of hydrogen-bond donors (Lipinski definition) is 2. The maximum atomic E-state index is 11.3. The first-order valence-corrected chi connectivity index (χ1v) is 11.5. The van der Waals surface area contributed by atoms with E-state index in [0.29, 0.717) is 18.0 Å². The fourth-order valence-corrected chi connectivity index (χ4v) is 4.39. The predicted molar refractivity (Wildman–Crippen MR) is 122 cm³/mol. The zero-order chi connectivity index (χ0) is 20.9. The van der Waals surface area contributed by atoms with E-state index in [4.69, 9.17) is 9.88 Å². The Morgan fingerprint density at radius 1 is 1.00 bits per heavy atom. The van der Waals surface area contributed by atoms with Gasteiger partial charge in [0.05, 0.1) is 25.7 Å². The number of halogens is 2. The number of anilines is 1. The minimum Gasteiger partial charge on any atom is -0.487 e. The standard InChI is InChI=1S/C20H17Br2N3O3S/c21-18-10-15(11-19(22)20(18)28-13-14-4-2-1-3-5-14)12-24-25-16-6-8-17(9-7-16)29(23,26)27/h1-12,25H,13H2,(H2,23,26,27)/b24-12+. The van der Waals surface area contributed by atoms with Gasteiger partial charge >= 0.3 is 0 Å². The summed E-state index contributed by atoms with van der Waals surface area (Å²) >= 11 is 7.06. The van der Waals surface area contributed by atoms with Crippen LogP contribution in [0.4, 0.5) is 5.69 Å². The lowest BCUT2D eigenvalue weighted by molar-refractivity contribution is 0.302. The van der Waals surface area contributed by atoms with Crippen LogP contribution in [0.5, 0.6) is 5.75 Å². The smallest absolute Gasteiger partial charge is 0.238 e. The Kier molecular flexibility index (Phi) is 7.07. The molecule has 3 rings (SSSR count). The van der Waals surface area contributed by atoms with Crippen molar-refractivity contribution >= 4 is 53.8 Å². The lowest BCUT2D eigenvalue weighted by Gasteiger charge is -2.11. The molecule has 0 atom stereocenters. The molecule has 9 heteroatoms. The van der Waals surface area contributed by atoms with E-state index in [-0.39, 0.29) is 4.90 Å². The number of hydrogen-bond acceptors (Lipinski definition) is 5. The van der Waals surface area contributed by atoms with Gasteiger partial charge in [0.2, 0.25) is 10.0 Å². The minimum absolute atomic E-state index is 0.0472. The number of benzene rings is 3. The van der Waals surface area contributed by atoms with Crippen molar-refractivity contribution in [3.63, 3.8) is 0 Å².